The SMILES string of the molecule is CC(C)(C)[SiH2]OC(C)(C)C(CO)Cc1ccc(Br)cc1. The molecule has 114 valence electrons. The zero-order chi connectivity index (χ0) is 15.4. The second-order valence-corrected chi connectivity index (χ2v) is 10.8. The first-order valence-corrected chi connectivity index (χ1v) is 9.21. The van der Waals surface area contributed by atoms with Gasteiger partial charge in [-0.05, 0) is 43.0 Å². The van der Waals surface area contributed by atoms with Crippen LogP contribution in [0.3, 0.4) is 0 Å². The van der Waals surface area contributed by atoms with E-state index in [4.69, 9.17) is 4.43 Å². The maximum absolute atomic E-state index is 9.73. The Kier molecular flexibility index (Phi) is 6.45. The Labute approximate surface area is 134 Å². The molecule has 0 aliphatic carbocycles. The fraction of sp³-hybridized carbons (Fsp3) is 0.625. The molecule has 0 aromatic heterocycles. The van der Waals surface area contributed by atoms with Gasteiger partial charge in [0.1, 0.15) is 0 Å². The van der Waals surface area contributed by atoms with Gasteiger partial charge in [-0.1, -0.05) is 48.8 Å². The van der Waals surface area contributed by atoms with Gasteiger partial charge in [0.25, 0.3) is 0 Å². The number of aliphatic hydroxyl groups is 1. The molecule has 0 heterocycles. The highest BCUT2D eigenvalue weighted by Gasteiger charge is 2.31. The first-order chi connectivity index (χ1) is 9.14. The van der Waals surface area contributed by atoms with Gasteiger partial charge in [0.05, 0.1) is 5.60 Å². The molecule has 0 bridgehead atoms. The molecule has 20 heavy (non-hydrogen) atoms. The lowest BCUT2D eigenvalue weighted by molar-refractivity contribution is 0.0136. The van der Waals surface area contributed by atoms with E-state index in [0.717, 1.165) is 10.9 Å². The number of halogens is 1. The molecule has 0 aliphatic heterocycles. The lowest BCUT2D eigenvalue weighted by Crippen LogP contribution is -2.40. The van der Waals surface area contributed by atoms with Crippen LogP contribution in [0, 0.1) is 5.92 Å². The van der Waals surface area contributed by atoms with Crippen LogP contribution in [-0.2, 0) is 10.8 Å². The Hall–Kier alpha value is -0.163. The van der Waals surface area contributed by atoms with Crippen molar-refractivity contribution < 1.29 is 9.53 Å². The van der Waals surface area contributed by atoms with Crippen molar-refractivity contribution in [2.45, 2.75) is 51.7 Å². The van der Waals surface area contributed by atoms with E-state index in [1.807, 2.05) is 12.1 Å². The molecule has 0 fully saturated rings. The molecule has 1 atom stereocenters. The van der Waals surface area contributed by atoms with Gasteiger partial charge in [-0.2, -0.15) is 0 Å². The Balaban J connectivity index is 2.70. The number of hydrogen-bond donors (Lipinski definition) is 1. The minimum atomic E-state index is -0.621. The molecule has 0 saturated heterocycles. The molecule has 1 N–H and O–H groups in total. The van der Waals surface area contributed by atoms with Crippen LogP contribution >= 0.6 is 15.9 Å². The molecule has 4 heteroatoms. The molecule has 1 aromatic carbocycles. The molecule has 1 aromatic rings. The predicted molar refractivity (Wildman–Crippen MR) is 91.8 cm³/mol. The van der Waals surface area contributed by atoms with E-state index in [-0.39, 0.29) is 23.2 Å². The zero-order valence-electron chi connectivity index (χ0n) is 13.2. The molecule has 2 nitrogen and oxygen atoms in total. The topological polar surface area (TPSA) is 29.5 Å². The van der Waals surface area contributed by atoms with Crippen molar-refractivity contribution >= 4 is 25.7 Å². The van der Waals surface area contributed by atoms with Crippen molar-refractivity contribution in [3.8, 4) is 0 Å². The van der Waals surface area contributed by atoms with Gasteiger partial charge in [-0.25, -0.2) is 0 Å². The number of benzene rings is 1. The minimum absolute atomic E-state index is 0.124. The van der Waals surface area contributed by atoms with E-state index >= 15 is 0 Å². The summed E-state index contributed by atoms with van der Waals surface area (Å²) in [6.07, 6.45) is 0.843. The number of aliphatic hydroxyl groups excluding tert-OH is 1. The average molecular weight is 359 g/mol. The third-order valence-electron chi connectivity index (χ3n) is 3.48. The van der Waals surface area contributed by atoms with Crippen molar-refractivity contribution in [2.75, 3.05) is 6.61 Å². The summed E-state index contributed by atoms with van der Waals surface area (Å²) in [7, 11) is -0.621. The summed E-state index contributed by atoms with van der Waals surface area (Å²) in [6, 6.07) is 8.29. The van der Waals surface area contributed by atoms with Crippen LogP contribution in [0.25, 0.3) is 0 Å². The summed E-state index contributed by atoms with van der Waals surface area (Å²) in [5.41, 5.74) is 0.961. The normalized spacial score (nSPS) is 14.9. The van der Waals surface area contributed by atoms with E-state index in [0.29, 0.717) is 0 Å². The molecule has 0 aliphatic rings. The Morgan fingerprint density at radius 1 is 1.15 bits per heavy atom. The summed E-state index contributed by atoms with van der Waals surface area (Å²) in [5.74, 6) is 0.124. The molecule has 0 radical (unpaired) electrons. The summed E-state index contributed by atoms with van der Waals surface area (Å²) in [4.78, 5) is 0. The third kappa shape index (κ3) is 6.08. The van der Waals surface area contributed by atoms with Gasteiger partial charge in [0, 0.05) is 17.0 Å². The van der Waals surface area contributed by atoms with Crippen molar-refractivity contribution in [1.82, 2.24) is 0 Å². The van der Waals surface area contributed by atoms with E-state index in [9.17, 15) is 5.11 Å². The van der Waals surface area contributed by atoms with Crippen LogP contribution in [0.1, 0.15) is 40.2 Å². The number of rotatable bonds is 6. The van der Waals surface area contributed by atoms with Gasteiger partial charge in [-0.15, -0.1) is 0 Å². The van der Waals surface area contributed by atoms with Crippen LogP contribution in [0.15, 0.2) is 28.7 Å². The molecular weight excluding hydrogens is 332 g/mol. The lowest BCUT2D eigenvalue weighted by Gasteiger charge is -2.36. The summed E-state index contributed by atoms with van der Waals surface area (Å²) >= 11 is 3.45. The van der Waals surface area contributed by atoms with E-state index in [1.165, 1.54) is 5.56 Å². The highest BCUT2D eigenvalue weighted by molar-refractivity contribution is 9.10. The minimum Gasteiger partial charge on any atom is -0.418 e. The van der Waals surface area contributed by atoms with Crippen LogP contribution in [0.2, 0.25) is 5.04 Å². The molecule has 1 rings (SSSR count). The van der Waals surface area contributed by atoms with Crippen molar-refractivity contribution in [3.05, 3.63) is 34.3 Å². The average Bonchev–Trinajstić information content (AvgIpc) is 2.35. The molecule has 0 amide bonds. The summed E-state index contributed by atoms with van der Waals surface area (Å²) < 4.78 is 7.29. The fourth-order valence-electron chi connectivity index (χ4n) is 1.96. The molecule has 0 saturated carbocycles. The first kappa shape index (κ1) is 17.9. The van der Waals surface area contributed by atoms with Gasteiger partial charge in [0.2, 0.25) is 0 Å². The largest absolute Gasteiger partial charge is 0.418 e. The number of hydrogen-bond acceptors (Lipinski definition) is 2. The lowest BCUT2D eigenvalue weighted by atomic mass is 9.86. The van der Waals surface area contributed by atoms with Gasteiger partial charge < -0.3 is 9.53 Å². The summed E-state index contributed by atoms with van der Waals surface area (Å²) in [5, 5.41) is 10.0. The zero-order valence-corrected chi connectivity index (χ0v) is 16.2. The molecule has 1 unspecified atom stereocenters. The highest BCUT2D eigenvalue weighted by atomic mass is 79.9. The van der Waals surface area contributed by atoms with Crippen molar-refractivity contribution in [3.63, 3.8) is 0 Å². The maximum atomic E-state index is 9.73. The van der Waals surface area contributed by atoms with Crippen LogP contribution < -0.4 is 0 Å². The van der Waals surface area contributed by atoms with Crippen molar-refractivity contribution in [1.29, 1.82) is 0 Å². The second-order valence-electron chi connectivity index (χ2n) is 7.16. The van der Waals surface area contributed by atoms with E-state index in [2.05, 4.69) is 62.7 Å². The van der Waals surface area contributed by atoms with E-state index in [1.54, 1.807) is 0 Å². The summed E-state index contributed by atoms with van der Waals surface area (Å²) in [6.45, 7) is 11.0. The molecular formula is C16H27BrO2Si. The monoisotopic (exact) mass is 358 g/mol. The standard InChI is InChI=1S/C16H27BrO2Si/c1-15(2,3)20-19-16(4,5)13(11-18)10-12-6-8-14(17)9-7-12/h6-9,13,18H,10-11,20H2,1-5H3. The Bertz CT molecular complexity index is 409. The maximum Gasteiger partial charge on any atom is 0.167 e. The third-order valence-corrected chi connectivity index (χ3v) is 5.76. The van der Waals surface area contributed by atoms with Gasteiger partial charge in [0.15, 0.2) is 9.76 Å². The quantitative estimate of drug-likeness (QED) is 0.785. The smallest absolute Gasteiger partial charge is 0.167 e. The van der Waals surface area contributed by atoms with Crippen molar-refractivity contribution in [2.24, 2.45) is 5.92 Å². The molecule has 0 spiro atoms. The second kappa shape index (κ2) is 7.21. The predicted octanol–water partition coefficient (Wildman–Crippen LogP) is 3.70. The Morgan fingerprint density at radius 3 is 2.15 bits per heavy atom. The van der Waals surface area contributed by atoms with Crippen LogP contribution in [0.5, 0.6) is 0 Å². The highest BCUT2D eigenvalue weighted by Crippen LogP contribution is 2.29. The van der Waals surface area contributed by atoms with Gasteiger partial charge >= 0.3 is 0 Å². The first-order valence-electron chi connectivity index (χ1n) is 7.13. The van der Waals surface area contributed by atoms with Crippen LogP contribution in [0.4, 0.5) is 0 Å². The van der Waals surface area contributed by atoms with Crippen LogP contribution in [-0.4, -0.2) is 27.1 Å². The Morgan fingerprint density at radius 2 is 1.70 bits per heavy atom. The van der Waals surface area contributed by atoms with Gasteiger partial charge in [-0.3, -0.25) is 0 Å². The van der Waals surface area contributed by atoms with E-state index < -0.39 is 9.76 Å². The fourth-order valence-corrected chi connectivity index (χ4v) is 3.26.